The minimum absolute atomic E-state index is 0.712. The number of pyridine rings is 1. The van der Waals surface area contributed by atoms with Crippen LogP contribution in [0.4, 0.5) is 17.5 Å². The van der Waals surface area contributed by atoms with Crippen molar-refractivity contribution >= 4 is 17.5 Å². The van der Waals surface area contributed by atoms with Gasteiger partial charge in [0.1, 0.15) is 23.8 Å². The maximum Gasteiger partial charge on any atom is 0.133 e. The van der Waals surface area contributed by atoms with Gasteiger partial charge in [-0.2, -0.15) is 0 Å². The molecule has 116 valence electrons. The molecule has 0 unspecified atom stereocenters. The third kappa shape index (κ3) is 3.27. The summed E-state index contributed by atoms with van der Waals surface area (Å²) in [7, 11) is 3.94. The molecule has 6 nitrogen and oxygen atoms in total. The van der Waals surface area contributed by atoms with Gasteiger partial charge in [-0.3, -0.25) is 0 Å². The Kier molecular flexibility index (Phi) is 4.37. The van der Waals surface area contributed by atoms with Gasteiger partial charge in [0.2, 0.25) is 0 Å². The van der Waals surface area contributed by atoms with Crippen LogP contribution >= 0.6 is 0 Å². The van der Waals surface area contributed by atoms with Crippen molar-refractivity contribution in [1.82, 2.24) is 15.0 Å². The summed E-state index contributed by atoms with van der Waals surface area (Å²) in [6, 6.07) is 6.06. The van der Waals surface area contributed by atoms with E-state index in [9.17, 15) is 0 Å². The number of anilines is 3. The van der Waals surface area contributed by atoms with Crippen LogP contribution in [-0.4, -0.2) is 42.1 Å². The van der Waals surface area contributed by atoms with Gasteiger partial charge in [0.15, 0.2) is 0 Å². The summed E-state index contributed by atoms with van der Waals surface area (Å²) in [5, 5.41) is 3.38. The zero-order valence-electron chi connectivity index (χ0n) is 13.2. The molecular formula is C16H22N6. The molecule has 1 aliphatic heterocycles. The standard InChI is InChI=1S/C16H22N6/c1-21(2)15-10-14(19-12-20-15)18-11-13-6-5-7-17-16(13)22-8-3-4-9-22/h5-7,10,12H,3-4,8-9,11H2,1-2H3,(H,18,19,20). The Hall–Kier alpha value is -2.37. The van der Waals surface area contributed by atoms with Crippen LogP contribution in [-0.2, 0) is 6.54 Å². The predicted octanol–water partition coefficient (Wildman–Crippen LogP) is 2.15. The number of hydrogen-bond acceptors (Lipinski definition) is 6. The van der Waals surface area contributed by atoms with Gasteiger partial charge >= 0.3 is 0 Å². The Morgan fingerprint density at radius 2 is 2.00 bits per heavy atom. The van der Waals surface area contributed by atoms with Gasteiger partial charge in [0.05, 0.1) is 0 Å². The first-order chi connectivity index (χ1) is 10.7. The molecule has 0 saturated carbocycles. The maximum absolute atomic E-state index is 4.56. The summed E-state index contributed by atoms with van der Waals surface area (Å²) in [5.41, 5.74) is 1.20. The zero-order valence-corrected chi connectivity index (χ0v) is 13.2. The zero-order chi connectivity index (χ0) is 15.4. The molecule has 1 aliphatic rings. The summed E-state index contributed by atoms with van der Waals surface area (Å²) in [6.07, 6.45) is 5.96. The number of nitrogens with zero attached hydrogens (tertiary/aromatic N) is 5. The highest BCUT2D eigenvalue weighted by atomic mass is 15.2. The van der Waals surface area contributed by atoms with Crippen molar-refractivity contribution in [3.63, 3.8) is 0 Å². The number of rotatable bonds is 5. The minimum Gasteiger partial charge on any atom is -0.366 e. The second kappa shape index (κ2) is 6.60. The van der Waals surface area contributed by atoms with E-state index < -0.39 is 0 Å². The fraction of sp³-hybridized carbons (Fsp3) is 0.438. The maximum atomic E-state index is 4.56. The normalized spacial score (nSPS) is 14.2. The first kappa shape index (κ1) is 14.6. The predicted molar refractivity (Wildman–Crippen MR) is 89.4 cm³/mol. The lowest BCUT2D eigenvalue weighted by molar-refractivity contribution is 0.913. The van der Waals surface area contributed by atoms with Gasteiger partial charge in [-0.1, -0.05) is 6.07 Å². The highest BCUT2D eigenvalue weighted by Crippen LogP contribution is 2.22. The van der Waals surface area contributed by atoms with Gasteiger partial charge in [-0.05, 0) is 18.9 Å². The Balaban J connectivity index is 1.72. The van der Waals surface area contributed by atoms with Crippen molar-refractivity contribution in [1.29, 1.82) is 0 Å². The highest BCUT2D eigenvalue weighted by Gasteiger charge is 2.16. The molecule has 2 aromatic heterocycles. The molecular weight excluding hydrogens is 276 g/mol. The quantitative estimate of drug-likeness (QED) is 0.913. The Bertz CT molecular complexity index is 622. The molecule has 6 heteroatoms. The third-order valence-electron chi connectivity index (χ3n) is 3.84. The fourth-order valence-electron chi connectivity index (χ4n) is 2.66. The molecule has 0 amide bonds. The molecule has 1 fully saturated rings. The number of aromatic nitrogens is 3. The van der Waals surface area contributed by atoms with Crippen LogP contribution in [0.15, 0.2) is 30.7 Å². The van der Waals surface area contributed by atoms with E-state index >= 15 is 0 Å². The highest BCUT2D eigenvalue weighted by molar-refractivity contribution is 5.51. The SMILES string of the molecule is CN(C)c1cc(NCc2cccnc2N2CCCC2)ncn1. The molecule has 0 atom stereocenters. The number of nitrogens with one attached hydrogen (secondary N) is 1. The van der Waals surface area contributed by atoms with Crippen LogP contribution in [0, 0.1) is 0 Å². The second-order valence-electron chi connectivity index (χ2n) is 5.69. The van der Waals surface area contributed by atoms with Gasteiger partial charge in [-0.25, -0.2) is 15.0 Å². The van der Waals surface area contributed by atoms with Crippen LogP contribution in [0.25, 0.3) is 0 Å². The van der Waals surface area contributed by atoms with E-state index in [1.54, 1.807) is 6.33 Å². The second-order valence-corrected chi connectivity index (χ2v) is 5.69. The molecule has 2 aromatic rings. The van der Waals surface area contributed by atoms with E-state index in [0.29, 0.717) is 6.54 Å². The smallest absolute Gasteiger partial charge is 0.133 e. The van der Waals surface area contributed by atoms with Gasteiger partial charge in [-0.15, -0.1) is 0 Å². The molecule has 0 aliphatic carbocycles. The molecule has 0 spiro atoms. The van der Waals surface area contributed by atoms with Gasteiger partial charge in [0, 0.05) is 51.6 Å². The van der Waals surface area contributed by atoms with E-state index in [1.165, 1.54) is 18.4 Å². The molecule has 22 heavy (non-hydrogen) atoms. The lowest BCUT2D eigenvalue weighted by Crippen LogP contribution is -2.21. The molecule has 3 heterocycles. The summed E-state index contributed by atoms with van der Waals surface area (Å²) >= 11 is 0. The molecule has 3 rings (SSSR count). The van der Waals surface area contributed by atoms with E-state index in [1.807, 2.05) is 37.3 Å². The van der Waals surface area contributed by atoms with E-state index in [4.69, 9.17) is 0 Å². The average Bonchev–Trinajstić information content (AvgIpc) is 3.08. The summed E-state index contributed by atoms with van der Waals surface area (Å²) in [6.45, 7) is 2.91. The first-order valence-corrected chi connectivity index (χ1v) is 7.66. The van der Waals surface area contributed by atoms with Crippen molar-refractivity contribution in [2.45, 2.75) is 19.4 Å². The summed E-state index contributed by atoms with van der Waals surface area (Å²) < 4.78 is 0. The topological polar surface area (TPSA) is 57.2 Å². The summed E-state index contributed by atoms with van der Waals surface area (Å²) in [4.78, 5) is 17.4. The third-order valence-corrected chi connectivity index (χ3v) is 3.84. The van der Waals surface area contributed by atoms with Crippen LogP contribution < -0.4 is 15.1 Å². The van der Waals surface area contributed by atoms with Gasteiger partial charge < -0.3 is 15.1 Å². The van der Waals surface area contributed by atoms with E-state index in [0.717, 1.165) is 30.5 Å². The van der Waals surface area contributed by atoms with E-state index in [2.05, 4.69) is 31.2 Å². The fourth-order valence-corrected chi connectivity index (χ4v) is 2.66. The Morgan fingerprint density at radius 3 is 2.77 bits per heavy atom. The first-order valence-electron chi connectivity index (χ1n) is 7.66. The van der Waals surface area contributed by atoms with E-state index in [-0.39, 0.29) is 0 Å². The van der Waals surface area contributed by atoms with Crippen molar-refractivity contribution in [3.8, 4) is 0 Å². The summed E-state index contributed by atoms with van der Waals surface area (Å²) in [5.74, 6) is 2.81. The largest absolute Gasteiger partial charge is 0.366 e. The molecule has 0 bridgehead atoms. The Labute approximate surface area is 131 Å². The van der Waals surface area contributed by atoms with Gasteiger partial charge in [0.25, 0.3) is 0 Å². The van der Waals surface area contributed by atoms with Crippen LogP contribution in [0.5, 0.6) is 0 Å². The molecule has 0 radical (unpaired) electrons. The van der Waals surface area contributed by atoms with Crippen LogP contribution in [0.3, 0.4) is 0 Å². The van der Waals surface area contributed by atoms with Crippen LogP contribution in [0.2, 0.25) is 0 Å². The average molecular weight is 298 g/mol. The lowest BCUT2D eigenvalue weighted by atomic mass is 10.2. The molecule has 1 N–H and O–H groups in total. The van der Waals surface area contributed by atoms with Crippen molar-refractivity contribution in [2.75, 3.05) is 42.3 Å². The molecule has 1 saturated heterocycles. The van der Waals surface area contributed by atoms with Crippen molar-refractivity contribution in [3.05, 3.63) is 36.3 Å². The van der Waals surface area contributed by atoms with Crippen molar-refractivity contribution in [2.24, 2.45) is 0 Å². The number of hydrogen-bond donors (Lipinski definition) is 1. The minimum atomic E-state index is 0.712. The monoisotopic (exact) mass is 298 g/mol. The Morgan fingerprint density at radius 1 is 1.18 bits per heavy atom. The lowest BCUT2D eigenvalue weighted by Gasteiger charge is -2.20. The molecule has 0 aromatic carbocycles. The van der Waals surface area contributed by atoms with Crippen LogP contribution in [0.1, 0.15) is 18.4 Å². The van der Waals surface area contributed by atoms with Crippen molar-refractivity contribution < 1.29 is 0 Å².